The van der Waals surface area contributed by atoms with Gasteiger partial charge in [-0.25, -0.2) is 0 Å². The van der Waals surface area contributed by atoms with Gasteiger partial charge in [0.15, 0.2) is 0 Å². The zero-order chi connectivity index (χ0) is 9.71. The standard InChI is InChI=1S/C12H15NO/c1-8-3-9-5-13(2)6-10-7-14-11(4-8)12(9)10/h3-4,10H,5-7H2,1-2H3. The van der Waals surface area contributed by atoms with Crippen LogP contribution in [0.4, 0.5) is 0 Å². The number of hydrogen-bond donors (Lipinski definition) is 0. The monoisotopic (exact) mass is 189 g/mol. The van der Waals surface area contributed by atoms with E-state index in [1.54, 1.807) is 0 Å². The first kappa shape index (κ1) is 8.30. The van der Waals surface area contributed by atoms with Gasteiger partial charge in [-0.1, -0.05) is 6.07 Å². The van der Waals surface area contributed by atoms with E-state index < -0.39 is 0 Å². The van der Waals surface area contributed by atoms with Gasteiger partial charge in [-0.05, 0) is 31.2 Å². The van der Waals surface area contributed by atoms with Crippen LogP contribution in [0.1, 0.15) is 22.6 Å². The second-order valence-corrected chi connectivity index (χ2v) is 4.54. The smallest absolute Gasteiger partial charge is 0.123 e. The van der Waals surface area contributed by atoms with Crippen molar-refractivity contribution in [2.45, 2.75) is 19.4 Å². The molecule has 2 nitrogen and oxygen atoms in total. The second-order valence-electron chi connectivity index (χ2n) is 4.54. The predicted octanol–water partition coefficient (Wildman–Crippen LogP) is 1.92. The Kier molecular flexibility index (Phi) is 1.62. The molecule has 14 heavy (non-hydrogen) atoms. The molecule has 0 bridgehead atoms. The molecule has 74 valence electrons. The number of benzene rings is 1. The highest BCUT2D eigenvalue weighted by molar-refractivity contribution is 5.49. The van der Waals surface area contributed by atoms with Gasteiger partial charge < -0.3 is 9.64 Å². The molecule has 1 unspecified atom stereocenters. The van der Waals surface area contributed by atoms with Gasteiger partial charge in [-0.3, -0.25) is 0 Å². The van der Waals surface area contributed by atoms with Crippen LogP contribution in [-0.2, 0) is 6.54 Å². The molecule has 0 fully saturated rings. The molecule has 2 aliphatic rings. The predicted molar refractivity (Wildman–Crippen MR) is 55.7 cm³/mol. The summed E-state index contributed by atoms with van der Waals surface area (Å²) in [4.78, 5) is 2.38. The van der Waals surface area contributed by atoms with Crippen LogP contribution in [0.15, 0.2) is 12.1 Å². The van der Waals surface area contributed by atoms with Crippen LogP contribution in [0.3, 0.4) is 0 Å². The molecule has 0 radical (unpaired) electrons. The van der Waals surface area contributed by atoms with E-state index in [0.29, 0.717) is 5.92 Å². The van der Waals surface area contributed by atoms with Crippen molar-refractivity contribution in [2.75, 3.05) is 20.2 Å². The van der Waals surface area contributed by atoms with E-state index in [1.165, 1.54) is 16.7 Å². The van der Waals surface area contributed by atoms with Crippen molar-refractivity contribution in [1.82, 2.24) is 4.90 Å². The van der Waals surface area contributed by atoms with E-state index >= 15 is 0 Å². The summed E-state index contributed by atoms with van der Waals surface area (Å²) in [6, 6.07) is 4.47. The first-order chi connectivity index (χ1) is 6.74. The lowest BCUT2D eigenvalue weighted by molar-refractivity contribution is 0.251. The lowest BCUT2D eigenvalue weighted by atomic mass is 9.90. The molecule has 2 aliphatic heterocycles. The highest BCUT2D eigenvalue weighted by Crippen LogP contribution is 2.40. The van der Waals surface area contributed by atoms with E-state index in [2.05, 4.69) is 31.0 Å². The maximum atomic E-state index is 5.73. The minimum Gasteiger partial charge on any atom is -0.493 e. The van der Waals surface area contributed by atoms with E-state index in [9.17, 15) is 0 Å². The third kappa shape index (κ3) is 1.07. The lowest BCUT2D eigenvalue weighted by Gasteiger charge is -2.28. The fourth-order valence-electron chi connectivity index (χ4n) is 2.70. The molecule has 0 aliphatic carbocycles. The minimum atomic E-state index is 0.611. The Morgan fingerprint density at radius 1 is 1.43 bits per heavy atom. The van der Waals surface area contributed by atoms with Gasteiger partial charge in [-0.2, -0.15) is 0 Å². The summed E-state index contributed by atoms with van der Waals surface area (Å²) >= 11 is 0. The van der Waals surface area contributed by atoms with E-state index in [1.807, 2.05) is 0 Å². The third-order valence-electron chi connectivity index (χ3n) is 3.19. The molecule has 3 rings (SSSR count). The Morgan fingerprint density at radius 2 is 2.29 bits per heavy atom. The average Bonchev–Trinajstić information content (AvgIpc) is 2.48. The van der Waals surface area contributed by atoms with E-state index in [0.717, 1.165) is 25.4 Å². The molecular formula is C12H15NO. The van der Waals surface area contributed by atoms with Crippen molar-refractivity contribution in [2.24, 2.45) is 0 Å². The van der Waals surface area contributed by atoms with Gasteiger partial charge in [-0.15, -0.1) is 0 Å². The molecule has 0 aromatic heterocycles. The first-order valence-electron chi connectivity index (χ1n) is 5.19. The Labute approximate surface area is 84.5 Å². The van der Waals surface area contributed by atoms with Crippen molar-refractivity contribution in [3.8, 4) is 5.75 Å². The summed E-state index contributed by atoms with van der Waals surface area (Å²) in [5.41, 5.74) is 4.26. The van der Waals surface area contributed by atoms with Crippen LogP contribution in [0.2, 0.25) is 0 Å². The third-order valence-corrected chi connectivity index (χ3v) is 3.19. The fourth-order valence-corrected chi connectivity index (χ4v) is 2.70. The number of nitrogens with zero attached hydrogens (tertiary/aromatic N) is 1. The maximum Gasteiger partial charge on any atom is 0.123 e. The molecule has 0 saturated carbocycles. The molecule has 1 atom stereocenters. The zero-order valence-corrected chi connectivity index (χ0v) is 8.71. The molecule has 1 aromatic carbocycles. The van der Waals surface area contributed by atoms with Crippen LogP contribution in [0, 0.1) is 6.92 Å². The SMILES string of the molecule is Cc1cc2c3c(c1)OCC3CN(C)C2. The van der Waals surface area contributed by atoms with Crippen molar-refractivity contribution in [3.63, 3.8) is 0 Å². The molecular weight excluding hydrogens is 174 g/mol. The van der Waals surface area contributed by atoms with Crippen LogP contribution in [0.5, 0.6) is 5.75 Å². The highest BCUT2D eigenvalue weighted by Gasteiger charge is 2.31. The Bertz CT molecular complexity index is 386. The van der Waals surface area contributed by atoms with Crippen LogP contribution >= 0.6 is 0 Å². The largest absolute Gasteiger partial charge is 0.493 e. The van der Waals surface area contributed by atoms with Crippen molar-refractivity contribution in [3.05, 3.63) is 28.8 Å². The maximum absolute atomic E-state index is 5.73. The molecule has 2 heterocycles. The molecule has 2 heteroatoms. The Hall–Kier alpha value is -1.02. The quantitative estimate of drug-likeness (QED) is 0.618. The molecule has 0 saturated heterocycles. The van der Waals surface area contributed by atoms with Crippen molar-refractivity contribution in [1.29, 1.82) is 0 Å². The van der Waals surface area contributed by atoms with Gasteiger partial charge in [0, 0.05) is 24.6 Å². The number of hydrogen-bond acceptors (Lipinski definition) is 2. The second kappa shape index (κ2) is 2.74. The summed E-state index contributed by atoms with van der Waals surface area (Å²) in [5, 5.41) is 0. The first-order valence-corrected chi connectivity index (χ1v) is 5.19. The number of likely N-dealkylation sites (N-methyl/N-ethyl adjacent to an activating group) is 1. The number of aryl methyl sites for hydroxylation is 1. The summed E-state index contributed by atoms with van der Waals surface area (Å²) in [7, 11) is 2.18. The highest BCUT2D eigenvalue weighted by atomic mass is 16.5. The van der Waals surface area contributed by atoms with Gasteiger partial charge in [0.25, 0.3) is 0 Å². The van der Waals surface area contributed by atoms with Gasteiger partial charge in [0.2, 0.25) is 0 Å². The normalized spacial score (nSPS) is 24.6. The van der Waals surface area contributed by atoms with Gasteiger partial charge in [0.1, 0.15) is 5.75 Å². The summed E-state index contributed by atoms with van der Waals surface area (Å²) in [5.74, 6) is 1.75. The molecule has 0 spiro atoms. The average molecular weight is 189 g/mol. The van der Waals surface area contributed by atoms with Gasteiger partial charge in [0.05, 0.1) is 6.61 Å². The van der Waals surface area contributed by atoms with Gasteiger partial charge >= 0.3 is 0 Å². The van der Waals surface area contributed by atoms with Crippen LogP contribution in [-0.4, -0.2) is 25.1 Å². The fraction of sp³-hybridized carbons (Fsp3) is 0.500. The lowest BCUT2D eigenvalue weighted by Crippen LogP contribution is -2.30. The molecule has 1 aromatic rings. The zero-order valence-electron chi connectivity index (χ0n) is 8.71. The van der Waals surface area contributed by atoms with E-state index in [-0.39, 0.29) is 0 Å². The molecule has 0 N–H and O–H groups in total. The van der Waals surface area contributed by atoms with Crippen LogP contribution in [0.25, 0.3) is 0 Å². The summed E-state index contributed by atoms with van der Waals surface area (Å²) < 4.78 is 5.73. The minimum absolute atomic E-state index is 0.611. The summed E-state index contributed by atoms with van der Waals surface area (Å²) in [6.45, 7) is 5.23. The molecule has 0 amide bonds. The topological polar surface area (TPSA) is 12.5 Å². The number of ether oxygens (including phenoxy) is 1. The summed E-state index contributed by atoms with van der Waals surface area (Å²) in [6.07, 6.45) is 0. The Morgan fingerprint density at radius 3 is 3.14 bits per heavy atom. The van der Waals surface area contributed by atoms with Crippen molar-refractivity contribution < 1.29 is 4.74 Å². The number of rotatable bonds is 0. The van der Waals surface area contributed by atoms with E-state index in [4.69, 9.17) is 4.74 Å². The Balaban J connectivity index is 2.18. The van der Waals surface area contributed by atoms with Crippen molar-refractivity contribution >= 4 is 0 Å². The van der Waals surface area contributed by atoms with Crippen LogP contribution < -0.4 is 4.74 Å².